The lowest BCUT2D eigenvalue weighted by Gasteiger charge is -2.42. The molecule has 0 fully saturated rings. The van der Waals surface area contributed by atoms with Crippen LogP contribution in [-0.2, 0) is 28.5 Å². The average molecular weight is 551 g/mol. The predicted molar refractivity (Wildman–Crippen MR) is 152 cm³/mol. The summed E-state index contributed by atoms with van der Waals surface area (Å²) >= 11 is 1.41. The Morgan fingerprint density at radius 2 is 1.74 bits per heavy atom. The molecule has 1 aliphatic heterocycles. The van der Waals surface area contributed by atoms with Gasteiger partial charge in [-0.3, -0.25) is 4.79 Å². The largest absolute Gasteiger partial charge is 0.312 e. The SMILES string of the molecule is CC(C)N(Cc1ccccc1)S(=O)(=O)c1ccc(C(=O)Nc2sc3c(c2C#N)CC(C)(C)NC3(C)C)cc1. The summed E-state index contributed by atoms with van der Waals surface area (Å²) in [5, 5.41) is 17.0. The van der Waals surface area contributed by atoms with Crippen molar-refractivity contribution >= 4 is 32.3 Å². The zero-order valence-electron chi connectivity index (χ0n) is 22.6. The molecule has 0 spiro atoms. The molecule has 0 saturated heterocycles. The summed E-state index contributed by atoms with van der Waals surface area (Å²) in [7, 11) is -3.78. The summed E-state index contributed by atoms with van der Waals surface area (Å²) < 4.78 is 28.3. The van der Waals surface area contributed by atoms with Gasteiger partial charge < -0.3 is 10.6 Å². The van der Waals surface area contributed by atoms with Crippen molar-refractivity contribution in [1.29, 1.82) is 5.26 Å². The van der Waals surface area contributed by atoms with E-state index in [2.05, 4.69) is 44.4 Å². The predicted octanol–water partition coefficient (Wildman–Crippen LogP) is 5.63. The van der Waals surface area contributed by atoms with Crippen LogP contribution in [0.1, 0.15) is 73.5 Å². The molecule has 0 saturated carbocycles. The summed E-state index contributed by atoms with van der Waals surface area (Å²) in [6.45, 7) is 12.3. The number of carbonyl (C=O) groups excluding carboxylic acids is 1. The molecule has 1 amide bonds. The van der Waals surface area contributed by atoms with E-state index in [4.69, 9.17) is 0 Å². The highest BCUT2D eigenvalue weighted by Gasteiger charge is 2.40. The number of benzene rings is 2. The number of sulfonamides is 1. The fraction of sp³-hybridized carbons (Fsp3) is 0.379. The number of carbonyl (C=O) groups is 1. The monoisotopic (exact) mass is 550 g/mol. The first kappa shape index (κ1) is 28.0. The van der Waals surface area contributed by atoms with Gasteiger partial charge in [0.15, 0.2) is 0 Å². The summed E-state index contributed by atoms with van der Waals surface area (Å²) in [5.41, 5.74) is 2.15. The standard InChI is InChI=1S/C29H34N4O3S2/c1-19(2)33(18-20-10-8-7-9-11-20)38(35,36)22-14-12-21(13-15-22)26(34)31-27-24(17-30)23-16-28(3,4)32-29(5,6)25(23)37-27/h7-15,19,32H,16,18H2,1-6H3,(H,31,34). The van der Waals surface area contributed by atoms with E-state index in [0.29, 0.717) is 22.5 Å². The second kappa shape index (κ2) is 10.3. The Bertz CT molecular complexity index is 1480. The molecule has 1 aliphatic rings. The Kier molecular flexibility index (Phi) is 7.56. The van der Waals surface area contributed by atoms with Crippen LogP contribution < -0.4 is 10.6 Å². The Morgan fingerprint density at radius 1 is 1.11 bits per heavy atom. The molecule has 0 radical (unpaired) electrons. The lowest BCUT2D eigenvalue weighted by atomic mass is 9.81. The highest BCUT2D eigenvalue weighted by Crippen LogP contribution is 2.44. The highest BCUT2D eigenvalue weighted by atomic mass is 32.2. The minimum Gasteiger partial charge on any atom is -0.312 e. The van der Waals surface area contributed by atoms with Crippen LogP contribution in [-0.4, -0.2) is 30.2 Å². The van der Waals surface area contributed by atoms with Gasteiger partial charge in [0.05, 0.1) is 10.5 Å². The van der Waals surface area contributed by atoms with Gasteiger partial charge in [-0.15, -0.1) is 11.3 Å². The molecule has 0 atom stereocenters. The number of nitrogens with zero attached hydrogens (tertiary/aromatic N) is 2. The molecule has 1 aromatic heterocycles. The first-order valence-corrected chi connectivity index (χ1v) is 14.8. The second-order valence-electron chi connectivity index (χ2n) is 11.1. The number of thiophene rings is 1. The van der Waals surface area contributed by atoms with E-state index in [1.165, 1.54) is 39.9 Å². The van der Waals surface area contributed by atoms with Gasteiger partial charge in [-0.05, 0) is 83.4 Å². The molecule has 2 aromatic carbocycles. The van der Waals surface area contributed by atoms with Gasteiger partial charge in [0.1, 0.15) is 11.1 Å². The molecule has 7 nitrogen and oxygen atoms in total. The third kappa shape index (κ3) is 5.54. The quantitative estimate of drug-likeness (QED) is 0.397. The van der Waals surface area contributed by atoms with Gasteiger partial charge in [-0.2, -0.15) is 9.57 Å². The number of nitrogens with one attached hydrogen (secondary N) is 2. The van der Waals surface area contributed by atoms with Crippen molar-refractivity contribution in [3.8, 4) is 6.07 Å². The van der Waals surface area contributed by atoms with Gasteiger partial charge in [0.2, 0.25) is 10.0 Å². The van der Waals surface area contributed by atoms with Gasteiger partial charge >= 0.3 is 0 Å². The number of fused-ring (bicyclic) bond motifs is 1. The van der Waals surface area contributed by atoms with E-state index in [9.17, 15) is 18.5 Å². The molecule has 200 valence electrons. The van der Waals surface area contributed by atoms with Gasteiger partial charge in [-0.1, -0.05) is 30.3 Å². The van der Waals surface area contributed by atoms with Crippen LogP contribution in [0.4, 0.5) is 5.00 Å². The maximum atomic E-state index is 13.4. The molecule has 3 aromatic rings. The Hall–Kier alpha value is -3.03. The summed E-state index contributed by atoms with van der Waals surface area (Å²) in [4.78, 5) is 14.3. The lowest BCUT2D eigenvalue weighted by Crippen LogP contribution is -2.54. The highest BCUT2D eigenvalue weighted by molar-refractivity contribution is 7.89. The number of hydrogen-bond acceptors (Lipinski definition) is 6. The van der Waals surface area contributed by atoms with Crippen molar-refractivity contribution in [1.82, 2.24) is 9.62 Å². The maximum Gasteiger partial charge on any atom is 0.256 e. The van der Waals surface area contributed by atoms with Crippen molar-refractivity contribution in [2.45, 2.75) is 76.5 Å². The van der Waals surface area contributed by atoms with E-state index in [-0.39, 0.29) is 34.5 Å². The van der Waals surface area contributed by atoms with Crippen molar-refractivity contribution in [2.75, 3.05) is 5.32 Å². The number of nitriles is 1. The molecule has 2 N–H and O–H groups in total. The number of anilines is 1. The molecule has 0 unspecified atom stereocenters. The lowest BCUT2D eigenvalue weighted by molar-refractivity contribution is 0.102. The fourth-order valence-corrected chi connectivity index (χ4v) is 7.98. The van der Waals surface area contributed by atoms with Crippen molar-refractivity contribution in [2.24, 2.45) is 0 Å². The van der Waals surface area contributed by atoms with Crippen LogP contribution in [0, 0.1) is 11.3 Å². The summed E-state index contributed by atoms with van der Waals surface area (Å²) in [6.07, 6.45) is 0.683. The van der Waals surface area contributed by atoms with E-state index < -0.39 is 10.0 Å². The van der Waals surface area contributed by atoms with E-state index in [1.54, 1.807) is 0 Å². The van der Waals surface area contributed by atoms with E-state index in [0.717, 1.165) is 16.0 Å². The van der Waals surface area contributed by atoms with Crippen LogP contribution >= 0.6 is 11.3 Å². The number of rotatable bonds is 7. The van der Waals surface area contributed by atoms with Crippen molar-refractivity contribution in [3.05, 3.63) is 81.7 Å². The molecular formula is C29H34N4O3S2. The Morgan fingerprint density at radius 3 is 2.32 bits per heavy atom. The van der Waals surface area contributed by atoms with Crippen LogP contribution in [0.15, 0.2) is 59.5 Å². The molecule has 0 aliphatic carbocycles. The minimum atomic E-state index is -3.78. The third-order valence-corrected chi connectivity index (χ3v) is 10.2. The van der Waals surface area contributed by atoms with E-state index in [1.807, 2.05) is 44.2 Å². The normalized spacial score (nSPS) is 16.2. The van der Waals surface area contributed by atoms with E-state index >= 15 is 0 Å². The number of hydrogen-bond donors (Lipinski definition) is 2. The Balaban J connectivity index is 1.57. The zero-order chi connectivity index (χ0) is 27.9. The summed E-state index contributed by atoms with van der Waals surface area (Å²) in [5.74, 6) is -0.390. The smallest absolute Gasteiger partial charge is 0.256 e. The third-order valence-electron chi connectivity index (χ3n) is 6.66. The van der Waals surface area contributed by atoms with Crippen molar-refractivity contribution in [3.63, 3.8) is 0 Å². The Labute approximate surface area is 229 Å². The number of amides is 1. The van der Waals surface area contributed by atoms with Crippen molar-refractivity contribution < 1.29 is 13.2 Å². The minimum absolute atomic E-state index is 0.123. The molecule has 0 bridgehead atoms. The van der Waals surface area contributed by atoms with Crippen LogP contribution in [0.2, 0.25) is 0 Å². The second-order valence-corrected chi connectivity index (χ2v) is 14.1. The molecule has 38 heavy (non-hydrogen) atoms. The van der Waals surface area contributed by atoms with Crippen LogP contribution in [0.5, 0.6) is 0 Å². The zero-order valence-corrected chi connectivity index (χ0v) is 24.3. The fourth-order valence-electron chi connectivity index (χ4n) is 5.13. The van der Waals surface area contributed by atoms with Crippen LogP contribution in [0.25, 0.3) is 0 Å². The van der Waals surface area contributed by atoms with Gasteiger partial charge in [0, 0.05) is 34.1 Å². The first-order valence-electron chi connectivity index (χ1n) is 12.6. The maximum absolute atomic E-state index is 13.4. The molecule has 9 heteroatoms. The van der Waals surface area contributed by atoms with Gasteiger partial charge in [-0.25, -0.2) is 8.42 Å². The average Bonchev–Trinajstić information content (AvgIpc) is 3.19. The molecular weight excluding hydrogens is 516 g/mol. The van der Waals surface area contributed by atoms with Gasteiger partial charge in [0.25, 0.3) is 5.91 Å². The van der Waals surface area contributed by atoms with Crippen LogP contribution in [0.3, 0.4) is 0 Å². The molecule has 2 heterocycles. The topological polar surface area (TPSA) is 102 Å². The summed E-state index contributed by atoms with van der Waals surface area (Å²) in [6, 6.07) is 17.4. The molecule has 4 rings (SSSR count). The first-order chi connectivity index (χ1) is 17.7.